The quantitative estimate of drug-likeness (QED) is 0.430. The van der Waals surface area contributed by atoms with Crippen LogP contribution in [-0.2, 0) is 9.59 Å². The number of hydrogen-bond donors (Lipinski definition) is 1. The van der Waals surface area contributed by atoms with E-state index in [0.29, 0.717) is 29.5 Å². The summed E-state index contributed by atoms with van der Waals surface area (Å²) >= 11 is 0. The first-order valence-electron chi connectivity index (χ1n) is 14.8. The molecule has 0 saturated heterocycles. The van der Waals surface area contributed by atoms with E-state index in [-0.39, 0.29) is 33.0 Å². The number of carboxylic acid groups (broad SMARTS) is 1. The molecule has 5 fully saturated rings. The van der Waals surface area contributed by atoms with E-state index in [1.165, 1.54) is 32.1 Å². The molecule has 0 bridgehead atoms. The van der Waals surface area contributed by atoms with Crippen LogP contribution in [0.2, 0.25) is 0 Å². The highest BCUT2D eigenvalue weighted by atomic mass is 16.4. The molecule has 35 heavy (non-hydrogen) atoms. The molecule has 3 nitrogen and oxygen atoms in total. The third-order valence-electron chi connectivity index (χ3n) is 14.0. The topological polar surface area (TPSA) is 54.4 Å². The van der Waals surface area contributed by atoms with Crippen molar-refractivity contribution >= 4 is 11.8 Å². The molecule has 0 amide bonds. The fourth-order valence-corrected chi connectivity index (χ4v) is 12.4. The Bertz CT molecular complexity index is 918. The first-order valence-corrected chi connectivity index (χ1v) is 14.8. The number of carboxylic acids is 1. The second-order valence-electron chi connectivity index (χ2n) is 16.2. The molecule has 198 valence electrons. The Morgan fingerprint density at radius 2 is 1.11 bits per heavy atom. The van der Waals surface area contributed by atoms with Crippen molar-refractivity contribution in [2.45, 2.75) is 126 Å². The van der Waals surface area contributed by atoms with Gasteiger partial charge in [-0.25, -0.2) is 0 Å². The van der Waals surface area contributed by atoms with Crippen LogP contribution in [0.15, 0.2) is 0 Å². The van der Waals surface area contributed by atoms with Crippen molar-refractivity contribution in [2.75, 3.05) is 0 Å². The summed E-state index contributed by atoms with van der Waals surface area (Å²) in [6.07, 6.45) is 12.1. The normalized spacial score (nSPS) is 52.3. The molecule has 0 unspecified atom stereocenters. The van der Waals surface area contributed by atoms with Gasteiger partial charge >= 0.3 is 5.97 Å². The molecular formula is C32H52O3. The summed E-state index contributed by atoms with van der Waals surface area (Å²) in [6, 6.07) is 0. The summed E-state index contributed by atoms with van der Waals surface area (Å²) < 4.78 is 0. The van der Waals surface area contributed by atoms with Gasteiger partial charge in [-0.3, -0.25) is 9.59 Å². The van der Waals surface area contributed by atoms with Gasteiger partial charge in [0.1, 0.15) is 5.78 Å². The van der Waals surface area contributed by atoms with E-state index in [4.69, 9.17) is 0 Å². The van der Waals surface area contributed by atoms with E-state index in [1.54, 1.807) is 0 Å². The summed E-state index contributed by atoms with van der Waals surface area (Å²) in [5, 5.41) is 10.6. The van der Waals surface area contributed by atoms with E-state index in [0.717, 1.165) is 38.5 Å². The summed E-state index contributed by atoms with van der Waals surface area (Å²) in [6.45, 7) is 19.1. The SMILES string of the molecule is CC(=O)[C@H]1CC[C@]2(C)[C@H]3CC[C@]4(C)[C@@H](CC[C@@]5(C(=O)O)CCC(C)(C)C[C@@H]54)[C@]3(C)CC[C@H]2C1(C)C. The predicted octanol–water partition coefficient (Wildman–Crippen LogP) is 8.16. The minimum absolute atomic E-state index is 0.0688. The van der Waals surface area contributed by atoms with Crippen molar-refractivity contribution in [2.24, 2.45) is 62.1 Å². The van der Waals surface area contributed by atoms with E-state index in [1.807, 2.05) is 6.92 Å². The van der Waals surface area contributed by atoms with Gasteiger partial charge in [-0.1, -0.05) is 48.5 Å². The highest BCUT2D eigenvalue weighted by Gasteiger charge is 2.70. The van der Waals surface area contributed by atoms with Crippen LogP contribution in [-0.4, -0.2) is 16.9 Å². The molecule has 0 radical (unpaired) electrons. The second kappa shape index (κ2) is 7.59. The van der Waals surface area contributed by atoms with Gasteiger partial charge in [0.2, 0.25) is 0 Å². The Balaban J connectivity index is 1.53. The maximum absolute atomic E-state index is 12.9. The van der Waals surface area contributed by atoms with Gasteiger partial charge < -0.3 is 5.11 Å². The van der Waals surface area contributed by atoms with Gasteiger partial charge in [-0.15, -0.1) is 0 Å². The molecule has 0 aromatic carbocycles. The molecule has 0 aromatic rings. The molecule has 5 rings (SSSR count). The van der Waals surface area contributed by atoms with Crippen molar-refractivity contribution in [1.82, 2.24) is 0 Å². The highest BCUT2D eigenvalue weighted by Crippen LogP contribution is 2.76. The zero-order valence-electron chi connectivity index (χ0n) is 23.9. The molecule has 0 aromatic heterocycles. The van der Waals surface area contributed by atoms with Gasteiger partial charge in [-0.05, 0) is 128 Å². The lowest BCUT2D eigenvalue weighted by atomic mass is 9.32. The van der Waals surface area contributed by atoms with Crippen LogP contribution in [0.25, 0.3) is 0 Å². The number of carbonyl (C=O) groups is 2. The number of rotatable bonds is 2. The molecule has 1 N–H and O–H groups in total. The molecule has 9 atom stereocenters. The Hall–Kier alpha value is -0.860. The fraction of sp³-hybridized carbons (Fsp3) is 0.938. The zero-order valence-corrected chi connectivity index (χ0v) is 23.9. The average molecular weight is 485 g/mol. The first kappa shape index (κ1) is 25.8. The smallest absolute Gasteiger partial charge is 0.309 e. The predicted molar refractivity (Wildman–Crippen MR) is 141 cm³/mol. The number of fused-ring (bicyclic) bond motifs is 7. The molecule has 0 spiro atoms. The summed E-state index contributed by atoms with van der Waals surface area (Å²) in [5.74, 6) is 2.29. The van der Waals surface area contributed by atoms with Crippen LogP contribution in [0.1, 0.15) is 126 Å². The van der Waals surface area contributed by atoms with Crippen molar-refractivity contribution in [3.8, 4) is 0 Å². The van der Waals surface area contributed by atoms with Crippen LogP contribution < -0.4 is 0 Å². The molecule has 5 aliphatic rings. The first-order chi connectivity index (χ1) is 16.0. The third kappa shape index (κ3) is 3.27. The van der Waals surface area contributed by atoms with Gasteiger partial charge in [0.05, 0.1) is 5.41 Å². The summed E-state index contributed by atoms with van der Waals surface area (Å²) in [5.41, 5.74) is 0.492. The van der Waals surface area contributed by atoms with Crippen LogP contribution in [0.3, 0.4) is 0 Å². The maximum Gasteiger partial charge on any atom is 0.309 e. The number of aliphatic carboxylic acids is 1. The van der Waals surface area contributed by atoms with Crippen LogP contribution >= 0.6 is 0 Å². The van der Waals surface area contributed by atoms with Crippen molar-refractivity contribution < 1.29 is 14.7 Å². The van der Waals surface area contributed by atoms with Crippen molar-refractivity contribution in [1.29, 1.82) is 0 Å². The van der Waals surface area contributed by atoms with E-state index in [9.17, 15) is 14.7 Å². The Morgan fingerprint density at radius 1 is 0.629 bits per heavy atom. The van der Waals surface area contributed by atoms with Crippen molar-refractivity contribution in [3.63, 3.8) is 0 Å². The van der Waals surface area contributed by atoms with E-state index >= 15 is 0 Å². The Labute approximate surface area is 214 Å². The number of Topliss-reactive ketones (excluding diaryl/α,β-unsaturated/α-hetero) is 1. The van der Waals surface area contributed by atoms with E-state index in [2.05, 4.69) is 48.5 Å². The lowest BCUT2D eigenvalue weighted by Crippen LogP contribution is -2.67. The zero-order chi connectivity index (χ0) is 25.8. The highest BCUT2D eigenvalue weighted by molar-refractivity contribution is 5.79. The molecule has 3 heteroatoms. The molecule has 5 aliphatic carbocycles. The van der Waals surface area contributed by atoms with Gasteiger partial charge in [0.25, 0.3) is 0 Å². The van der Waals surface area contributed by atoms with Crippen LogP contribution in [0.5, 0.6) is 0 Å². The van der Waals surface area contributed by atoms with E-state index < -0.39 is 11.4 Å². The molecule has 5 saturated carbocycles. The average Bonchev–Trinajstić information content (AvgIpc) is 2.72. The molecule has 0 aliphatic heterocycles. The number of carbonyl (C=O) groups excluding carboxylic acids is 1. The number of hydrogen-bond acceptors (Lipinski definition) is 2. The maximum atomic E-state index is 12.9. The molecule has 0 heterocycles. The number of ketones is 1. The lowest BCUT2D eigenvalue weighted by molar-refractivity contribution is -0.243. The van der Waals surface area contributed by atoms with Gasteiger partial charge in [-0.2, -0.15) is 0 Å². The monoisotopic (exact) mass is 484 g/mol. The summed E-state index contributed by atoms with van der Waals surface area (Å²) in [7, 11) is 0. The van der Waals surface area contributed by atoms with Crippen LogP contribution in [0, 0.1) is 62.1 Å². The minimum atomic E-state index is -0.509. The summed E-state index contributed by atoms with van der Waals surface area (Å²) in [4.78, 5) is 25.5. The van der Waals surface area contributed by atoms with Crippen LogP contribution in [0.4, 0.5) is 0 Å². The van der Waals surface area contributed by atoms with Crippen molar-refractivity contribution in [3.05, 3.63) is 0 Å². The minimum Gasteiger partial charge on any atom is -0.481 e. The largest absolute Gasteiger partial charge is 0.481 e. The second-order valence-corrected chi connectivity index (χ2v) is 16.2. The fourth-order valence-electron chi connectivity index (χ4n) is 12.4. The molecular weight excluding hydrogens is 432 g/mol. The Morgan fingerprint density at radius 3 is 1.69 bits per heavy atom. The lowest BCUT2D eigenvalue weighted by Gasteiger charge is -2.72. The van der Waals surface area contributed by atoms with Gasteiger partial charge in [0.15, 0.2) is 0 Å². The Kier molecular flexibility index (Phi) is 5.59. The standard InChI is InChI=1S/C32H52O3/c1-20(33)21-9-13-29(6)22(28(21,4)5)10-14-30(7)23(29)11-15-31(8)24(30)12-16-32(26(34)35)18-17-27(2,3)19-25(31)32/h21-25H,9-19H2,1-8H3,(H,34,35)/t21-,22+,23-,24+,25-,29+,30-,31-,32-/m1/s1. The van der Waals surface area contributed by atoms with Gasteiger partial charge in [0, 0.05) is 5.92 Å². The third-order valence-corrected chi connectivity index (χ3v) is 14.0.